The van der Waals surface area contributed by atoms with Gasteiger partial charge in [-0.25, -0.2) is 19.6 Å². The van der Waals surface area contributed by atoms with Crippen LogP contribution in [0, 0.1) is 11.8 Å². The molecular formula is C50H60N8O6. The molecule has 14 heteroatoms. The van der Waals surface area contributed by atoms with Gasteiger partial charge in [-0.2, -0.15) is 0 Å². The van der Waals surface area contributed by atoms with Gasteiger partial charge < -0.3 is 39.9 Å². The van der Waals surface area contributed by atoms with Gasteiger partial charge in [0.15, 0.2) is 0 Å². The Morgan fingerprint density at radius 3 is 1.89 bits per heavy atom. The molecule has 0 spiro atoms. The Bertz CT molecular complexity index is 2560. The molecule has 4 N–H and O–H groups in total. The zero-order valence-corrected chi connectivity index (χ0v) is 37.7. The summed E-state index contributed by atoms with van der Waals surface area (Å²) in [5.74, 6) is 2.18. The Kier molecular flexibility index (Phi) is 12.0. The van der Waals surface area contributed by atoms with Crippen LogP contribution in [0.15, 0.2) is 60.8 Å². The van der Waals surface area contributed by atoms with Crippen LogP contribution in [0.3, 0.4) is 0 Å². The molecule has 64 heavy (non-hydrogen) atoms. The molecule has 7 atom stereocenters. The second-order valence-electron chi connectivity index (χ2n) is 18.5. The minimum atomic E-state index is -0.685. The first-order valence-electron chi connectivity index (χ1n) is 23.1. The number of imidazole rings is 2. The number of carbonyl (C=O) groups is 4. The highest BCUT2D eigenvalue weighted by Crippen LogP contribution is 2.58. The molecule has 1 saturated carbocycles. The highest BCUT2D eigenvalue weighted by Gasteiger charge is 2.42. The molecule has 14 nitrogen and oxygen atoms in total. The summed E-state index contributed by atoms with van der Waals surface area (Å²) in [6.07, 6.45) is 8.25. The van der Waals surface area contributed by atoms with Crippen LogP contribution >= 0.6 is 0 Å². The van der Waals surface area contributed by atoms with Gasteiger partial charge in [-0.05, 0) is 120 Å². The number of carbonyl (C=O) groups excluding carboxylic acids is 4. The smallest absolute Gasteiger partial charge is 0.407 e. The van der Waals surface area contributed by atoms with E-state index in [0.29, 0.717) is 24.9 Å². The van der Waals surface area contributed by atoms with Crippen LogP contribution in [-0.4, -0.2) is 93.1 Å². The predicted octanol–water partition coefficient (Wildman–Crippen LogP) is 9.13. The molecule has 336 valence electrons. The zero-order chi connectivity index (χ0) is 44.8. The number of ether oxygens (including phenoxy) is 2. The molecule has 4 amide bonds. The van der Waals surface area contributed by atoms with E-state index in [1.807, 2.05) is 43.7 Å². The molecule has 4 aliphatic rings. The molecule has 2 saturated heterocycles. The minimum absolute atomic E-state index is 0.0529. The van der Waals surface area contributed by atoms with Crippen molar-refractivity contribution >= 4 is 35.0 Å². The second kappa shape index (κ2) is 17.8. The van der Waals surface area contributed by atoms with Gasteiger partial charge in [0.05, 0.1) is 49.2 Å². The van der Waals surface area contributed by atoms with Crippen LogP contribution in [0.25, 0.3) is 44.5 Å². The van der Waals surface area contributed by atoms with Gasteiger partial charge in [-0.1, -0.05) is 76.6 Å². The first kappa shape index (κ1) is 43.1. The van der Waals surface area contributed by atoms with Gasteiger partial charge in [0.1, 0.15) is 23.7 Å². The third kappa shape index (κ3) is 7.89. The van der Waals surface area contributed by atoms with Crippen LogP contribution in [-0.2, 0) is 19.1 Å². The lowest BCUT2D eigenvalue weighted by molar-refractivity contribution is -0.136. The van der Waals surface area contributed by atoms with E-state index in [1.165, 1.54) is 61.3 Å². The number of alkyl carbamates (subject to hydrolysis) is 2. The fraction of sp³-hybridized carbons (Fsp3) is 0.480. The molecule has 2 aliphatic carbocycles. The Hall–Kier alpha value is -6.18. The lowest BCUT2D eigenvalue weighted by atomic mass is 9.81. The van der Waals surface area contributed by atoms with E-state index in [2.05, 4.69) is 75.2 Å². The number of amides is 4. The monoisotopic (exact) mass is 868 g/mol. The van der Waals surface area contributed by atoms with E-state index < -0.39 is 24.3 Å². The fourth-order valence-corrected chi connectivity index (χ4v) is 10.9. The maximum absolute atomic E-state index is 13.9. The summed E-state index contributed by atoms with van der Waals surface area (Å²) < 4.78 is 9.66. The normalized spacial score (nSPS) is 21.5. The van der Waals surface area contributed by atoms with Crippen LogP contribution in [0.1, 0.15) is 126 Å². The van der Waals surface area contributed by atoms with Crippen molar-refractivity contribution in [3.8, 4) is 33.5 Å². The van der Waals surface area contributed by atoms with Gasteiger partial charge >= 0.3 is 12.2 Å². The first-order valence-corrected chi connectivity index (χ1v) is 23.1. The van der Waals surface area contributed by atoms with Crippen molar-refractivity contribution in [3.05, 3.63) is 83.6 Å². The summed E-state index contributed by atoms with van der Waals surface area (Å²) in [6.45, 7) is 9.04. The second-order valence-corrected chi connectivity index (χ2v) is 18.5. The number of rotatable bonds is 12. The third-order valence-electron chi connectivity index (χ3n) is 14.5. The van der Waals surface area contributed by atoms with Crippen molar-refractivity contribution in [2.45, 2.75) is 115 Å². The molecule has 4 heterocycles. The van der Waals surface area contributed by atoms with E-state index >= 15 is 0 Å². The maximum atomic E-state index is 13.9. The molecule has 9 rings (SSSR count). The standard InChI is InChI=1S/C50H60N8O6/c1-7-28(4)44(56-50(62)64-6)48(60)58-23-9-11-40(58)46-52-36-21-18-31(25-37(36)53-46)35-20-19-34(41-32-16-17-33(24-32)42(35)41)29-12-14-30(15-13-29)38-26-51-45(54-38)39-10-8-22-57(39)47(59)43(27(2)3)55-49(61)63-5/h12-15,18-21,25-28,32-33,39-40,43-44H,7-11,16-17,22-24H2,1-6H3,(H,51,54)(H,52,53)(H,55,61)(H,56,62). The summed E-state index contributed by atoms with van der Waals surface area (Å²) in [5, 5.41) is 5.51. The summed E-state index contributed by atoms with van der Waals surface area (Å²) in [4.78, 5) is 72.5. The summed E-state index contributed by atoms with van der Waals surface area (Å²) in [5.41, 5.74) is 11.6. The number of hydrogen-bond acceptors (Lipinski definition) is 8. The Balaban J connectivity index is 0.948. The van der Waals surface area contributed by atoms with Gasteiger partial charge in [0.25, 0.3) is 0 Å². The van der Waals surface area contributed by atoms with Crippen LogP contribution < -0.4 is 10.6 Å². The van der Waals surface area contributed by atoms with Crippen molar-refractivity contribution in [1.29, 1.82) is 0 Å². The maximum Gasteiger partial charge on any atom is 0.407 e. The number of nitrogens with one attached hydrogen (secondary N) is 4. The van der Waals surface area contributed by atoms with Gasteiger partial charge in [0.2, 0.25) is 11.8 Å². The summed E-state index contributed by atoms with van der Waals surface area (Å²) in [6, 6.07) is 18.0. The van der Waals surface area contributed by atoms with Crippen molar-refractivity contribution in [2.24, 2.45) is 11.8 Å². The number of fused-ring (bicyclic) bond motifs is 6. The zero-order valence-electron chi connectivity index (χ0n) is 37.7. The van der Waals surface area contributed by atoms with E-state index in [1.54, 1.807) is 0 Å². The number of hydrogen-bond donors (Lipinski definition) is 4. The summed E-state index contributed by atoms with van der Waals surface area (Å²) >= 11 is 0. The average molecular weight is 869 g/mol. The SMILES string of the molecule is CCC(C)C(NC(=O)OC)C(=O)N1CCCC1c1nc2ccc(-c3ccc(-c4ccc(-c5cnc(C6CCCN6C(=O)C(NC(=O)OC)C(C)C)[nH]5)cc4)c4c3C3CCC4C3)cc2[nH]1. The van der Waals surface area contributed by atoms with Gasteiger partial charge in [-0.3, -0.25) is 9.59 Å². The molecule has 2 aliphatic heterocycles. The molecule has 0 radical (unpaired) electrons. The van der Waals surface area contributed by atoms with Crippen LogP contribution in [0.5, 0.6) is 0 Å². The van der Waals surface area contributed by atoms with E-state index in [4.69, 9.17) is 19.4 Å². The highest BCUT2D eigenvalue weighted by molar-refractivity contribution is 5.89. The first-order chi connectivity index (χ1) is 31.0. The third-order valence-corrected chi connectivity index (χ3v) is 14.5. The van der Waals surface area contributed by atoms with Crippen molar-refractivity contribution < 1.29 is 28.7 Å². The minimum Gasteiger partial charge on any atom is -0.453 e. The number of benzene rings is 3. The largest absolute Gasteiger partial charge is 0.453 e. The van der Waals surface area contributed by atoms with Gasteiger partial charge in [-0.15, -0.1) is 0 Å². The van der Waals surface area contributed by atoms with Crippen LogP contribution in [0.2, 0.25) is 0 Å². The number of aromatic amines is 2. The lowest BCUT2D eigenvalue weighted by Crippen LogP contribution is -2.51. The van der Waals surface area contributed by atoms with E-state index in [9.17, 15) is 19.2 Å². The topological polar surface area (TPSA) is 175 Å². The number of aromatic nitrogens is 4. The number of methoxy groups -OCH3 is 2. The van der Waals surface area contributed by atoms with Crippen molar-refractivity contribution in [2.75, 3.05) is 27.3 Å². The molecule has 5 aromatic rings. The molecular weight excluding hydrogens is 809 g/mol. The molecule has 2 aromatic heterocycles. The Morgan fingerprint density at radius 1 is 0.719 bits per heavy atom. The average Bonchev–Trinajstić information content (AvgIpc) is 4.18. The van der Waals surface area contributed by atoms with Crippen molar-refractivity contribution in [1.82, 2.24) is 40.4 Å². The molecule has 2 bridgehead atoms. The number of nitrogens with zero attached hydrogens (tertiary/aromatic N) is 4. The fourth-order valence-electron chi connectivity index (χ4n) is 10.9. The highest BCUT2D eigenvalue weighted by atomic mass is 16.5. The predicted molar refractivity (Wildman–Crippen MR) is 244 cm³/mol. The lowest BCUT2D eigenvalue weighted by Gasteiger charge is -2.30. The number of H-pyrrole nitrogens is 2. The molecule has 7 unspecified atom stereocenters. The van der Waals surface area contributed by atoms with Gasteiger partial charge in [0, 0.05) is 13.1 Å². The number of likely N-dealkylation sites (tertiary alicyclic amines) is 2. The Morgan fingerprint density at radius 2 is 1.28 bits per heavy atom. The van der Waals surface area contributed by atoms with Crippen molar-refractivity contribution in [3.63, 3.8) is 0 Å². The van der Waals surface area contributed by atoms with E-state index in [-0.39, 0.29) is 35.7 Å². The van der Waals surface area contributed by atoms with Crippen LogP contribution in [0.4, 0.5) is 9.59 Å². The molecule has 3 aromatic carbocycles. The Labute approximate surface area is 374 Å². The molecule has 3 fully saturated rings. The summed E-state index contributed by atoms with van der Waals surface area (Å²) in [7, 11) is 2.62. The van der Waals surface area contributed by atoms with E-state index in [0.717, 1.165) is 71.6 Å². The quantitative estimate of drug-likeness (QED) is 0.0961.